The van der Waals surface area contributed by atoms with Crippen molar-refractivity contribution < 1.29 is 0 Å². The summed E-state index contributed by atoms with van der Waals surface area (Å²) in [5, 5.41) is 11.1. The summed E-state index contributed by atoms with van der Waals surface area (Å²) < 4.78 is 1.66. The highest BCUT2D eigenvalue weighted by Crippen LogP contribution is 2.21. The van der Waals surface area contributed by atoms with E-state index in [0.717, 1.165) is 5.69 Å². The first-order valence-electron chi connectivity index (χ1n) is 5.52. The molecule has 1 aromatic carbocycles. The minimum absolute atomic E-state index is 0.993. The van der Waals surface area contributed by atoms with Crippen LogP contribution < -0.4 is 4.90 Å². The molecular weight excluding hydrogens is 202 g/mol. The van der Waals surface area contributed by atoms with Gasteiger partial charge in [-0.05, 0) is 47.5 Å². The van der Waals surface area contributed by atoms with Crippen LogP contribution in [-0.2, 0) is 0 Å². The van der Waals surface area contributed by atoms with E-state index in [9.17, 15) is 0 Å². The van der Waals surface area contributed by atoms with Crippen molar-refractivity contribution in [2.45, 2.75) is 12.8 Å². The van der Waals surface area contributed by atoms with Crippen molar-refractivity contribution >= 4 is 5.69 Å². The first-order chi connectivity index (χ1) is 7.93. The molecule has 1 saturated heterocycles. The third-order valence-electron chi connectivity index (χ3n) is 2.93. The van der Waals surface area contributed by atoms with E-state index < -0.39 is 0 Å². The fourth-order valence-electron chi connectivity index (χ4n) is 2.07. The first kappa shape index (κ1) is 9.33. The second kappa shape index (κ2) is 3.92. The van der Waals surface area contributed by atoms with E-state index in [1.165, 1.54) is 31.6 Å². The lowest BCUT2D eigenvalue weighted by Gasteiger charge is -2.17. The van der Waals surface area contributed by atoms with Crippen LogP contribution >= 0.6 is 0 Å². The van der Waals surface area contributed by atoms with Gasteiger partial charge in [-0.1, -0.05) is 0 Å². The molecule has 5 heteroatoms. The number of benzene rings is 1. The fourth-order valence-corrected chi connectivity index (χ4v) is 2.07. The SMILES string of the molecule is c1cc(-n2cnnn2)ccc1N1CCCC1. The average Bonchev–Trinajstić information content (AvgIpc) is 3.03. The zero-order valence-corrected chi connectivity index (χ0v) is 8.95. The van der Waals surface area contributed by atoms with E-state index in [0.29, 0.717) is 0 Å². The van der Waals surface area contributed by atoms with Gasteiger partial charge in [0.15, 0.2) is 0 Å². The van der Waals surface area contributed by atoms with Crippen LogP contribution in [0.5, 0.6) is 0 Å². The van der Waals surface area contributed by atoms with Gasteiger partial charge in [0.1, 0.15) is 6.33 Å². The van der Waals surface area contributed by atoms with Crippen molar-refractivity contribution in [3.63, 3.8) is 0 Å². The lowest BCUT2D eigenvalue weighted by Crippen LogP contribution is -2.17. The molecular formula is C11H13N5. The van der Waals surface area contributed by atoms with Crippen molar-refractivity contribution in [1.82, 2.24) is 20.2 Å². The summed E-state index contributed by atoms with van der Waals surface area (Å²) in [6, 6.07) is 8.35. The molecule has 2 heterocycles. The lowest BCUT2D eigenvalue weighted by atomic mass is 10.2. The van der Waals surface area contributed by atoms with Gasteiger partial charge in [-0.3, -0.25) is 0 Å². The molecule has 82 valence electrons. The van der Waals surface area contributed by atoms with Gasteiger partial charge in [0.2, 0.25) is 0 Å². The Bertz CT molecular complexity index is 442. The predicted molar refractivity (Wildman–Crippen MR) is 60.6 cm³/mol. The van der Waals surface area contributed by atoms with Crippen LogP contribution in [0.4, 0.5) is 5.69 Å². The van der Waals surface area contributed by atoms with Crippen LogP contribution in [0.1, 0.15) is 12.8 Å². The van der Waals surface area contributed by atoms with E-state index >= 15 is 0 Å². The van der Waals surface area contributed by atoms with E-state index in [2.05, 4.69) is 32.6 Å². The molecule has 0 atom stereocenters. The largest absolute Gasteiger partial charge is 0.372 e. The average molecular weight is 215 g/mol. The van der Waals surface area contributed by atoms with Gasteiger partial charge in [0, 0.05) is 18.8 Å². The highest BCUT2D eigenvalue weighted by Gasteiger charge is 2.11. The normalized spacial score (nSPS) is 15.6. The molecule has 0 unspecified atom stereocenters. The third-order valence-corrected chi connectivity index (χ3v) is 2.93. The van der Waals surface area contributed by atoms with Crippen LogP contribution in [0.25, 0.3) is 5.69 Å². The predicted octanol–water partition coefficient (Wildman–Crippen LogP) is 1.26. The fraction of sp³-hybridized carbons (Fsp3) is 0.364. The minimum atomic E-state index is 0.993. The zero-order chi connectivity index (χ0) is 10.8. The Kier molecular flexibility index (Phi) is 2.29. The number of hydrogen-bond acceptors (Lipinski definition) is 4. The molecule has 1 fully saturated rings. The van der Waals surface area contributed by atoms with Gasteiger partial charge in [0.05, 0.1) is 5.69 Å². The molecule has 5 nitrogen and oxygen atoms in total. The summed E-state index contributed by atoms with van der Waals surface area (Å²) in [5.41, 5.74) is 2.28. The Balaban J connectivity index is 1.84. The second-order valence-electron chi connectivity index (χ2n) is 3.96. The quantitative estimate of drug-likeness (QED) is 0.756. The van der Waals surface area contributed by atoms with Gasteiger partial charge in [-0.2, -0.15) is 0 Å². The third kappa shape index (κ3) is 1.64. The molecule has 3 rings (SSSR count). The van der Waals surface area contributed by atoms with Gasteiger partial charge in [-0.15, -0.1) is 5.10 Å². The summed E-state index contributed by atoms with van der Waals surface area (Å²) in [7, 11) is 0. The van der Waals surface area contributed by atoms with Crippen LogP contribution in [-0.4, -0.2) is 33.3 Å². The zero-order valence-electron chi connectivity index (χ0n) is 8.95. The summed E-state index contributed by atoms with van der Waals surface area (Å²) in [6.45, 7) is 2.34. The molecule has 16 heavy (non-hydrogen) atoms. The number of nitrogens with zero attached hydrogens (tertiary/aromatic N) is 5. The topological polar surface area (TPSA) is 46.8 Å². The molecule has 1 aliphatic rings. The Hall–Kier alpha value is -1.91. The molecule has 0 aliphatic carbocycles. The van der Waals surface area contributed by atoms with E-state index in [1.54, 1.807) is 11.0 Å². The lowest BCUT2D eigenvalue weighted by molar-refractivity contribution is 0.789. The standard InChI is InChI=1S/C11H13N5/c1-2-8-15(7-1)10-3-5-11(6-4-10)16-9-12-13-14-16/h3-6,9H,1-2,7-8H2. The summed E-state index contributed by atoms with van der Waals surface area (Å²) in [6.07, 6.45) is 4.20. The molecule has 0 bridgehead atoms. The van der Waals surface area contributed by atoms with Crippen molar-refractivity contribution in [2.24, 2.45) is 0 Å². The summed E-state index contributed by atoms with van der Waals surface area (Å²) in [4.78, 5) is 2.41. The smallest absolute Gasteiger partial charge is 0.143 e. The van der Waals surface area contributed by atoms with Crippen molar-refractivity contribution in [3.8, 4) is 5.69 Å². The number of tetrazole rings is 1. The maximum absolute atomic E-state index is 3.86. The Morgan fingerprint density at radius 1 is 0.938 bits per heavy atom. The Labute approximate surface area is 93.7 Å². The molecule has 0 amide bonds. The monoisotopic (exact) mass is 215 g/mol. The van der Waals surface area contributed by atoms with Crippen molar-refractivity contribution in [1.29, 1.82) is 0 Å². The highest BCUT2D eigenvalue weighted by atomic mass is 15.5. The van der Waals surface area contributed by atoms with Gasteiger partial charge in [-0.25, -0.2) is 4.68 Å². The van der Waals surface area contributed by atoms with E-state index in [1.807, 2.05) is 12.1 Å². The van der Waals surface area contributed by atoms with Crippen LogP contribution in [0.3, 0.4) is 0 Å². The molecule has 0 saturated carbocycles. The number of anilines is 1. The van der Waals surface area contributed by atoms with Gasteiger partial charge < -0.3 is 4.90 Å². The van der Waals surface area contributed by atoms with Crippen molar-refractivity contribution in [3.05, 3.63) is 30.6 Å². The first-order valence-corrected chi connectivity index (χ1v) is 5.52. The van der Waals surface area contributed by atoms with Gasteiger partial charge in [0.25, 0.3) is 0 Å². The van der Waals surface area contributed by atoms with Crippen molar-refractivity contribution in [2.75, 3.05) is 18.0 Å². The van der Waals surface area contributed by atoms with Crippen LogP contribution in [0, 0.1) is 0 Å². The molecule has 2 aromatic rings. The second-order valence-corrected chi connectivity index (χ2v) is 3.96. The highest BCUT2D eigenvalue weighted by molar-refractivity contribution is 5.51. The number of hydrogen-bond donors (Lipinski definition) is 0. The number of rotatable bonds is 2. The maximum Gasteiger partial charge on any atom is 0.143 e. The minimum Gasteiger partial charge on any atom is -0.372 e. The molecule has 0 N–H and O–H groups in total. The molecule has 0 radical (unpaired) electrons. The summed E-state index contributed by atoms with van der Waals surface area (Å²) >= 11 is 0. The molecule has 1 aromatic heterocycles. The van der Waals surface area contributed by atoms with E-state index in [-0.39, 0.29) is 0 Å². The van der Waals surface area contributed by atoms with Crippen LogP contribution in [0.15, 0.2) is 30.6 Å². The number of aromatic nitrogens is 4. The summed E-state index contributed by atoms with van der Waals surface area (Å²) in [5.74, 6) is 0. The van der Waals surface area contributed by atoms with Gasteiger partial charge >= 0.3 is 0 Å². The molecule has 1 aliphatic heterocycles. The Morgan fingerprint density at radius 3 is 2.25 bits per heavy atom. The Morgan fingerprint density at radius 2 is 1.62 bits per heavy atom. The maximum atomic E-state index is 3.86. The molecule has 0 spiro atoms. The van der Waals surface area contributed by atoms with Crippen LogP contribution in [0.2, 0.25) is 0 Å². The van der Waals surface area contributed by atoms with E-state index in [4.69, 9.17) is 0 Å².